The summed E-state index contributed by atoms with van der Waals surface area (Å²) in [5, 5.41) is 2.98. The molecule has 1 heterocycles. The molecule has 0 bridgehead atoms. The molecular weight excluding hydrogens is 364 g/mol. The highest BCUT2D eigenvalue weighted by Gasteiger charge is 2.26. The lowest BCUT2D eigenvalue weighted by atomic mass is 9.97. The second-order valence-electron chi connectivity index (χ2n) is 7.37. The Balaban J connectivity index is 1.35. The summed E-state index contributed by atoms with van der Waals surface area (Å²) in [5.41, 5.74) is 3.45. The molecule has 5 nitrogen and oxygen atoms in total. The summed E-state index contributed by atoms with van der Waals surface area (Å²) in [4.78, 5) is 28.6. The van der Waals surface area contributed by atoms with Gasteiger partial charge in [-0.15, -0.1) is 0 Å². The van der Waals surface area contributed by atoms with Crippen LogP contribution in [0.3, 0.4) is 0 Å². The smallest absolute Gasteiger partial charge is 0.312 e. The molecule has 3 aliphatic rings. The number of benzene rings is 1. The maximum atomic E-state index is 12.3. The van der Waals surface area contributed by atoms with Crippen LogP contribution in [0, 0.1) is 0 Å². The number of hydrogen-bond donors (Lipinski definition) is 1. The number of hydrogen-bond acceptors (Lipinski definition) is 3. The van der Waals surface area contributed by atoms with Crippen molar-refractivity contribution >= 4 is 23.6 Å². The first-order valence-electron chi connectivity index (χ1n) is 10.1. The molecule has 1 unspecified atom stereocenters. The van der Waals surface area contributed by atoms with Gasteiger partial charge in [0.1, 0.15) is 0 Å². The van der Waals surface area contributed by atoms with E-state index in [0.717, 1.165) is 24.8 Å². The fourth-order valence-corrected chi connectivity index (χ4v) is 3.62. The maximum absolute atomic E-state index is 12.3. The molecule has 1 aromatic rings. The van der Waals surface area contributed by atoms with Crippen molar-refractivity contribution in [3.8, 4) is 0 Å². The first kappa shape index (κ1) is 19.1. The number of carbonyl (C=O) groups excluding carboxylic acids is 2. The highest BCUT2D eigenvalue weighted by molar-refractivity contribution is 6.13. The van der Waals surface area contributed by atoms with E-state index in [1.165, 1.54) is 18.4 Å². The average molecular weight is 388 g/mol. The van der Waals surface area contributed by atoms with E-state index in [9.17, 15) is 9.59 Å². The van der Waals surface area contributed by atoms with Crippen LogP contribution >= 0.6 is 0 Å². The molecule has 1 aliphatic heterocycles. The Kier molecular flexibility index (Phi) is 5.84. The van der Waals surface area contributed by atoms with Gasteiger partial charge in [-0.25, -0.2) is 4.99 Å². The van der Waals surface area contributed by atoms with E-state index in [4.69, 9.17) is 4.74 Å². The van der Waals surface area contributed by atoms with Crippen molar-refractivity contribution < 1.29 is 14.3 Å². The number of rotatable bonds is 5. The topological polar surface area (TPSA) is 67.8 Å². The van der Waals surface area contributed by atoms with Gasteiger partial charge in [0.05, 0.1) is 5.71 Å². The van der Waals surface area contributed by atoms with E-state index < -0.39 is 5.91 Å². The van der Waals surface area contributed by atoms with E-state index in [0.29, 0.717) is 17.8 Å². The fraction of sp³-hybridized carbons (Fsp3) is 0.292. The number of fused-ring (bicyclic) bond motifs is 1. The van der Waals surface area contributed by atoms with Gasteiger partial charge in [0.25, 0.3) is 5.91 Å². The van der Waals surface area contributed by atoms with Crippen LogP contribution in [0.1, 0.15) is 48.0 Å². The highest BCUT2D eigenvalue weighted by atomic mass is 16.5. The van der Waals surface area contributed by atoms with Crippen molar-refractivity contribution in [2.45, 2.75) is 38.2 Å². The Morgan fingerprint density at radius 1 is 1.21 bits per heavy atom. The monoisotopic (exact) mass is 388 g/mol. The zero-order chi connectivity index (χ0) is 20.1. The summed E-state index contributed by atoms with van der Waals surface area (Å²) in [6.45, 7) is 0.655. The van der Waals surface area contributed by atoms with Crippen molar-refractivity contribution in [2.75, 3.05) is 6.54 Å². The number of nitrogens with zero attached hydrogens (tertiary/aromatic N) is 1. The minimum absolute atomic E-state index is 0.0843. The van der Waals surface area contributed by atoms with Crippen LogP contribution in [0.4, 0.5) is 0 Å². The van der Waals surface area contributed by atoms with Gasteiger partial charge >= 0.3 is 5.91 Å². The van der Waals surface area contributed by atoms with Crippen LogP contribution < -0.4 is 5.32 Å². The summed E-state index contributed by atoms with van der Waals surface area (Å²) in [6.07, 6.45) is 16.7. The average Bonchev–Trinajstić information content (AvgIpc) is 2.75. The van der Waals surface area contributed by atoms with E-state index in [1.54, 1.807) is 36.4 Å². The van der Waals surface area contributed by atoms with Gasteiger partial charge in [0.15, 0.2) is 11.9 Å². The third kappa shape index (κ3) is 4.80. The van der Waals surface area contributed by atoms with Crippen molar-refractivity contribution in [1.82, 2.24) is 5.32 Å². The summed E-state index contributed by atoms with van der Waals surface area (Å²) in [5.74, 6) is -0.273. The first-order valence-corrected chi connectivity index (χ1v) is 10.1. The molecule has 0 fully saturated rings. The lowest BCUT2D eigenvalue weighted by Crippen LogP contribution is -2.29. The van der Waals surface area contributed by atoms with Gasteiger partial charge in [0, 0.05) is 12.1 Å². The lowest BCUT2D eigenvalue weighted by molar-refractivity contribution is -0.118. The SMILES string of the molecule is O=C1N=C2C=CC=CC2O/C1=C\c1ccc(C(=O)NCCC2=CCCCC2)cc1. The van der Waals surface area contributed by atoms with E-state index in [1.807, 2.05) is 18.2 Å². The normalized spacial score (nSPS) is 21.9. The zero-order valence-electron chi connectivity index (χ0n) is 16.3. The maximum Gasteiger partial charge on any atom is 0.312 e. The van der Waals surface area contributed by atoms with Crippen LogP contribution in [0.5, 0.6) is 0 Å². The summed E-state index contributed by atoms with van der Waals surface area (Å²) < 4.78 is 5.75. The van der Waals surface area contributed by atoms with Gasteiger partial charge < -0.3 is 10.1 Å². The molecule has 148 valence electrons. The minimum atomic E-state index is -0.393. The number of amides is 2. The van der Waals surface area contributed by atoms with Crippen LogP contribution in [-0.4, -0.2) is 30.2 Å². The Labute approximate surface area is 170 Å². The van der Waals surface area contributed by atoms with Gasteiger partial charge in [-0.2, -0.15) is 0 Å². The van der Waals surface area contributed by atoms with Crippen molar-refractivity contribution in [3.05, 3.63) is 77.1 Å². The molecule has 0 spiro atoms. The predicted molar refractivity (Wildman–Crippen MR) is 114 cm³/mol. The quantitative estimate of drug-likeness (QED) is 0.609. The summed E-state index contributed by atoms with van der Waals surface area (Å²) >= 11 is 0. The fourth-order valence-electron chi connectivity index (χ4n) is 3.62. The number of allylic oxidation sites excluding steroid dienone is 3. The Morgan fingerprint density at radius 2 is 2.07 bits per heavy atom. The highest BCUT2D eigenvalue weighted by Crippen LogP contribution is 2.21. The zero-order valence-corrected chi connectivity index (χ0v) is 16.3. The number of ether oxygens (including phenoxy) is 1. The molecule has 0 saturated carbocycles. The molecule has 5 heteroatoms. The third-order valence-corrected chi connectivity index (χ3v) is 5.24. The third-order valence-electron chi connectivity index (χ3n) is 5.24. The van der Waals surface area contributed by atoms with Crippen molar-refractivity contribution in [2.24, 2.45) is 4.99 Å². The van der Waals surface area contributed by atoms with Crippen LogP contribution in [0.15, 0.2) is 71.0 Å². The van der Waals surface area contributed by atoms with Crippen LogP contribution in [-0.2, 0) is 9.53 Å². The molecule has 4 rings (SSSR count). The molecule has 29 heavy (non-hydrogen) atoms. The molecule has 2 aliphatic carbocycles. The second kappa shape index (κ2) is 8.86. The first-order chi connectivity index (χ1) is 14.2. The predicted octanol–water partition coefficient (Wildman–Crippen LogP) is 4.14. The Hall–Kier alpha value is -3.21. The lowest BCUT2D eigenvalue weighted by Gasteiger charge is -2.22. The van der Waals surface area contributed by atoms with E-state index >= 15 is 0 Å². The molecule has 1 aromatic carbocycles. The van der Waals surface area contributed by atoms with Crippen LogP contribution in [0.2, 0.25) is 0 Å². The van der Waals surface area contributed by atoms with Crippen LogP contribution in [0.25, 0.3) is 6.08 Å². The van der Waals surface area contributed by atoms with E-state index in [2.05, 4.69) is 16.4 Å². The molecule has 1 atom stereocenters. The number of aliphatic imine (C=N–C) groups is 1. The summed E-state index contributed by atoms with van der Waals surface area (Å²) in [6, 6.07) is 7.12. The van der Waals surface area contributed by atoms with Gasteiger partial charge in [-0.1, -0.05) is 35.9 Å². The molecular formula is C24H24N2O3. The Morgan fingerprint density at radius 3 is 2.86 bits per heavy atom. The number of nitrogens with one attached hydrogen (secondary N) is 1. The van der Waals surface area contributed by atoms with Gasteiger partial charge in [0.2, 0.25) is 0 Å². The Bertz CT molecular complexity index is 949. The second-order valence-corrected chi connectivity index (χ2v) is 7.37. The van der Waals surface area contributed by atoms with Gasteiger partial charge in [-0.3, -0.25) is 9.59 Å². The summed E-state index contributed by atoms with van der Waals surface area (Å²) in [7, 11) is 0. The van der Waals surface area contributed by atoms with Crippen molar-refractivity contribution in [3.63, 3.8) is 0 Å². The van der Waals surface area contributed by atoms with E-state index in [-0.39, 0.29) is 17.8 Å². The van der Waals surface area contributed by atoms with Gasteiger partial charge in [-0.05, 0) is 68.0 Å². The molecule has 1 N–H and O–H groups in total. The van der Waals surface area contributed by atoms with Crippen molar-refractivity contribution in [1.29, 1.82) is 0 Å². The molecule has 0 radical (unpaired) electrons. The number of carbonyl (C=O) groups is 2. The molecule has 0 saturated heterocycles. The molecule has 0 aromatic heterocycles. The molecule has 2 amide bonds. The minimum Gasteiger partial charge on any atom is -0.474 e. The largest absolute Gasteiger partial charge is 0.474 e. The standard InChI is InChI=1S/C24H24N2O3/c27-23(25-15-14-17-6-2-1-3-7-17)19-12-10-18(11-13-19)16-22-24(28)26-20-8-4-5-9-21(20)29-22/h4-6,8-13,16,21H,1-3,7,14-15H2,(H,25,27)/b22-16-.